The number of nitrogens with zero attached hydrogens (tertiary/aromatic N) is 3. The van der Waals surface area contributed by atoms with Crippen LogP contribution in [0.2, 0.25) is 5.02 Å². The van der Waals surface area contributed by atoms with Gasteiger partial charge in [0.25, 0.3) is 0 Å². The first-order valence-corrected chi connectivity index (χ1v) is 11.0. The molecule has 30 heavy (non-hydrogen) atoms. The molecule has 3 rings (SSSR count). The van der Waals surface area contributed by atoms with Crippen LogP contribution in [0.5, 0.6) is 5.75 Å². The number of anilines is 2. The van der Waals surface area contributed by atoms with Gasteiger partial charge in [-0.25, -0.2) is 4.79 Å². The van der Waals surface area contributed by atoms with E-state index in [0.717, 1.165) is 43.4 Å². The Morgan fingerprint density at radius 3 is 2.50 bits per heavy atom. The van der Waals surface area contributed by atoms with Crippen LogP contribution < -0.4 is 15.0 Å². The zero-order valence-corrected chi connectivity index (χ0v) is 18.6. The van der Waals surface area contributed by atoms with Gasteiger partial charge in [-0.3, -0.25) is 0 Å². The normalized spacial score (nSPS) is 14.1. The molecule has 162 valence electrons. The van der Waals surface area contributed by atoms with Crippen LogP contribution >= 0.6 is 11.6 Å². The lowest BCUT2D eigenvalue weighted by molar-refractivity contribution is 0.207. The van der Waals surface area contributed by atoms with Crippen molar-refractivity contribution in [3.8, 4) is 5.75 Å². The van der Waals surface area contributed by atoms with Crippen molar-refractivity contribution in [2.24, 2.45) is 0 Å². The van der Waals surface area contributed by atoms with Gasteiger partial charge in [0, 0.05) is 43.4 Å². The Hall–Kier alpha value is -2.44. The standard InChI is InChI=1S/C23H31ClN4O2/c1-3-26(4-2)16-17-30-22-11-6-5-10-21(22)25-23(29)28-14-12-27(13-15-28)20-9-7-8-19(24)18-20/h5-11,18H,3-4,12-17H2,1-2H3,(H,25,29). The summed E-state index contributed by atoms with van der Waals surface area (Å²) in [5.41, 5.74) is 1.80. The SMILES string of the molecule is CCN(CC)CCOc1ccccc1NC(=O)N1CCN(c2cccc(Cl)c2)CC1. The van der Waals surface area contributed by atoms with Crippen molar-refractivity contribution in [3.05, 3.63) is 53.6 Å². The van der Waals surface area contributed by atoms with Crippen LogP contribution in [-0.2, 0) is 0 Å². The van der Waals surface area contributed by atoms with Crippen molar-refractivity contribution in [1.29, 1.82) is 0 Å². The number of hydrogen-bond acceptors (Lipinski definition) is 4. The van der Waals surface area contributed by atoms with E-state index < -0.39 is 0 Å². The summed E-state index contributed by atoms with van der Waals surface area (Å²) < 4.78 is 5.95. The highest BCUT2D eigenvalue weighted by atomic mass is 35.5. The highest BCUT2D eigenvalue weighted by Gasteiger charge is 2.22. The summed E-state index contributed by atoms with van der Waals surface area (Å²) in [5, 5.41) is 3.75. The van der Waals surface area contributed by atoms with Crippen LogP contribution in [0, 0.1) is 0 Å². The van der Waals surface area contributed by atoms with Crippen LogP contribution in [0.4, 0.5) is 16.2 Å². The molecule has 0 unspecified atom stereocenters. The molecule has 0 aliphatic carbocycles. The second-order valence-electron chi connectivity index (χ2n) is 7.26. The topological polar surface area (TPSA) is 48.1 Å². The lowest BCUT2D eigenvalue weighted by Gasteiger charge is -2.36. The van der Waals surface area contributed by atoms with Gasteiger partial charge >= 0.3 is 6.03 Å². The number of piperazine rings is 1. The maximum atomic E-state index is 12.8. The molecule has 0 bridgehead atoms. The van der Waals surface area contributed by atoms with E-state index in [-0.39, 0.29) is 6.03 Å². The Labute approximate surface area is 184 Å². The van der Waals surface area contributed by atoms with Crippen molar-refractivity contribution in [2.75, 3.05) is 62.6 Å². The Morgan fingerprint density at radius 2 is 1.80 bits per heavy atom. The third-order valence-electron chi connectivity index (χ3n) is 5.43. The van der Waals surface area contributed by atoms with Crippen LogP contribution in [-0.4, -0.2) is 68.3 Å². The minimum atomic E-state index is -0.0967. The lowest BCUT2D eigenvalue weighted by atomic mass is 10.2. The Bertz CT molecular complexity index is 820. The van der Waals surface area contributed by atoms with Crippen molar-refractivity contribution in [3.63, 3.8) is 0 Å². The zero-order chi connectivity index (χ0) is 21.3. The molecular formula is C23H31ClN4O2. The molecule has 1 aliphatic heterocycles. The van der Waals surface area contributed by atoms with Gasteiger partial charge in [0.1, 0.15) is 12.4 Å². The Kier molecular flexibility index (Phi) is 8.22. The molecule has 0 saturated carbocycles. The lowest BCUT2D eigenvalue weighted by Crippen LogP contribution is -2.50. The van der Waals surface area contributed by atoms with Crippen LogP contribution in [0.3, 0.4) is 0 Å². The van der Waals surface area contributed by atoms with Crippen molar-refractivity contribution >= 4 is 29.0 Å². The third kappa shape index (κ3) is 6.03. The largest absolute Gasteiger partial charge is 0.490 e. The van der Waals surface area contributed by atoms with Gasteiger partial charge in [0.05, 0.1) is 5.69 Å². The average Bonchev–Trinajstić information content (AvgIpc) is 2.78. The fourth-order valence-electron chi connectivity index (χ4n) is 3.56. The van der Waals surface area contributed by atoms with E-state index >= 15 is 0 Å². The molecule has 0 spiro atoms. The Balaban J connectivity index is 1.53. The van der Waals surface area contributed by atoms with Gasteiger partial charge in [0.2, 0.25) is 0 Å². The van der Waals surface area contributed by atoms with E-state index in [4.69, 9.17) is 16.3 Å². The number of likely N-dealkylation sites (N-methyl/N-ethyl adjacent to an activating group) is 1. The molecule has 1 N–H and O–H groups in total. The van der Waals surface area contributed by atoms with Gasteiger partial charge in [-0.05, 0) is 43.4 Å². The molecule has 0 radical (unpaired) electrons. The molecule has 1 heterocycles. The fourth-order valence-corrected chi connectivity index (χ4v) is 3.74. The first kappa shape index (κ1) is 22.2. The number of hydrogen-bond donors (Lipinski definition) is 1. The van der Waals surface area contributed by atoms with Gasteiger partial charge in [-0.2, -0.15) is 0 Å². The molecule has 6 nitrogen and oxygen atoms in total. The highest BCUT2D eigenvalue weighted by molar-refractivity contribution is 6.30. The molecule has 0 atom stereocenters. The number of ether oxygens (including phenoxy) is 1. The van der Waals surface area contributed by atoms with E-state index in [9.17, 15) is 4.79 Å². The minimum Gasteiger partial charge on any atom is -0.490 e. The van der Waals surface area contributed by atoms with E-state index in [1.807, 2.05) is 53.4 Å². The summed E-state index contributed by atoms with van der Waals surface area (Å²) in [6.07, 6.45) is 0. The average molecular weight is 431 g/mol. The molecule has 2 aromatic carbocycles. The molecule has 1 saturated heterocycles. The second-order valence-corrected chi connectivity index (χ2v) is 7.69. The quantitative estimate of drug-likeness (QED) is 0.673. The maximum Gasteiger partial charge on any atom is 0.322 e. The second kappa shape index (κ2) is 11.1. The maximum absolute atomic E-state index is 12.8. The molecular weight excluding hydrogens is 400 g/mol. The van der Waals surface area contributed by atoms with Gasteiger partial charge < -0.3 is 24.8 Å². The monoisotopic (exact) mass is 430 g/mol. The predicted molar refractivity (Wildman–Crippen MR) is 124 cm³/mol. The molecule has 7 heteroatoms. The number of rotatable bonds is 8. The van der Waals surface area contributed by atoms with Crippen molar-refractivity contribution < 1.29 is 9.53 Å². The summed E-state index contributed by atoms with van der Waals surface area (Å²) in [7, 11) is 0. The number of amides is 2. The number of nitrogens with one attached hydrogen (secondary N) is 1. The molecule has 2 aromatic rings. The third-order valence-corrected chi connectivity index (χ3v) is 5.66. The predicted octanol–water partition coefficient (Wildman–Crippen LogP) is 4.41. The number of urea groups is 1. The van der Waals surface area contributed by atoms with E-state index in [1.54, 1.807) is 0 Å². The summed E-state index contributed by atoms with van der Waals surface area (Å²) in [4.78, 5) is 19.2. The number of carbonyl (C=O) groups is 1. The van der Waals surface area contributed by atoms with Crippen LogP contribution in [0.15, 0.2) is 48.5 Å². The highest BCUT2D eigenvalue weighted by Crippen LogP contribution is 2.25. The van der Waals surface area contributed by atoms with Crippen LogP contribution in [0.1, 0.15) is 13.8 Å². The van der Waals surface area contributed by atoms with Gasteiger partial charge in [0.15, 0.2) is 0 Å². The van der Waals surface area contributed by atoms with Crippen molar-refractivity contribution in [1.82, 2.24) is 9.80 Å². The molecule has 2 amide bonds. The Morgan fingerprint density at radius 1 is 1.07 bits per heavy atom. The summed E-state index contributed by atoms with van der Waals surface area (Å²) in [6.45, 7) is 10.6. The first-order chi connectivity index (χ1) is 14.6. The van der Waals surface area contributed by atoms with E-state index in [1.165, 1.54) is 0 Å². The minimum absolute atomic E-state index is 0.0967. The molecule has 1 aliphatic rings. The number of carbonyl (C=O) groups excluding carboxylic acids is 1. The smallest absolute Gasteiger partial charge is 0.322 e. The summed E-state index contributed by atoms with van der Waals surface area (Å²) in [6, 6.07) is 15.3. The van der Waals surface area contributed by atoms with Gasteiger partial charge in [-0.15, -0.1) is 0 Å². The molecule has 0 aromatic heterocycles. The zero-order valence-electron chi connectivity index (χ0n) is 17.8. The van der Waals surface area contributed by atoms with Crippen LogP contribution in [0.25, 0.3) is 0 Å². The van der Waals surface area contributed by atoms with E-state index in [2.05, 4.69) is 29.0 Å². The fraction of sp³-hybridized carbons (Fsp3) is 0.435. The van der Waals surface area contributed by atoms with Gasteiger partial charge in [-0.1, -0.05) is 43.6 Å². The number of halogens is 1. The summed E-state index contributed by atoms with van der Waals surface area (Å²) in [5.74, 6) is 0.704. The molecule has 1 fully saturated rings. The number of para-hydroxylation sites is 2. The van der Waals surface area contributed by atoms with E-state index in [0.29, 0.717) is 31.1 Å². The number of benzene rings is 2. The summed E-state index contributed by atoms with van der Waals surface area (Å²) >= 11 is 6.10. The first-order valence-electron chi connectivity index (χ1n) is 10.6. The van der Waals surface area contributed by atoms with Crippen molar-refractivity contribution in [2.45, 2.75) is 13.8 Å².